The van der Waals surface area contributed by atoms with Gasteiger partial charge in [-0.1, -0.05) is 6.07 Å². The predicted molar refractivity (Wildman–Crippen MR) is 76.4 cm³/mol. The molecule has 20 heavy (non-hydrogen) atoms. The Morgan fingerprint density at radius 2 is 2.10 bits per heavy atom. The van der Waals surface area contributed by atoms with Crippen LogP contribution in [0.4, 0.5) is 5.69 Å². The first-order chi connectivity index (χ1) is 9.56. The maximum Gasteiger partial charge on any atom is 0.224 e. The average molecular weight is 276 g/mol. The lowest BCUT2D eigenvalue weighted by Crippen LogP contribution is -2.26. The summed E-state index contributed by atoms with van der Waals surface area (Å²) in [6.45, 7) is 2.41. The van der Waals surface area contributed by atoms with Crippen LogP contribution in [0.25, 0.3) is 0 Å². The average Bonchev–Trinajstić information content (AvgIpc) is 3.23. The minimum atomic E-state index is -0.161. The van der Waals surface area contributed by atoms with Gasteiger partial charge in [-0.25, -0.2) is 0 Å². The summed E-state index contributed by atoms with van der Waals surface area (Å²) in [5.74, 6) is 0.201. The predicted octanol–water partition coefficient (Wildman–Crippen LogP) is 1.95. The number of carbonyl (C=O) groups excluding carboxylic acids is 2. The Balaban J connectivity index is 1.69. The number of amides is 2. The summed E-state index contributed by atoms with van der Waals surface area (Å²) in [4.78, 5) is 23.1. The molecule has 0 spiro atoms. The van der Waals surface area contributed by atoms with Crippen LogP contribution in [0.15, 0.2) is 18.2 Å². The van der Waals surface area contributed by atoms with Crippen molar-refractivity contribution < 1.29 is 14.7 Å². The lowest BCUT2D eigenvalue weighted by Gasteiger charge is -2.08. The van der Waals surface area contributed by atoms with Crippen LogP contribution in [0.3, 0.4) is 0 Å². The van der Waals surface area contributed by atoms with Gasteiger partial charge in [-0.15, -0.1) is 0 Å². The highest BCUT2D eigenvalue weighted by atomic mass is 16.3. The van der Waals surface area contributed by atoms with Gasteiger partial charge >= 0.3 is 0 Å². The van der Waals surface area contributed by atoms with Crippen LogP contribution in [-0.4, -0.2) is 23.5 Å². The third-order valence-corrected chi connectivity index (χ3v) is 3.25. The molecule has 0 saturated heterocycles. The highest BCUT2D eigenvalue weighted by Crippen LogP contribution is 2.28. The molecule has 1 aliphatic rings. The fourth-order valence-electron chi connectivity index (χ4n) is 1.91. The monoisotopic (exact) mass is 276 g/mol. The van der Waals surface area contributed by atoms with E-state index in [4.69, 9.17) is 0 Å². The summed E-state index contributed by atoms with van der Waals surface area (Å²) in [6.07, 6.45) is 2.88. The van der Waals surface area contributed by atoms with E-state index in [1.54, 1.807) is 18.2 Å². The maximum atomic E-state index is 11.7. The second kappa shape index (κ2) is 6.41. The second-order valence-electron chi connectivity index (χ2n) is 5.24. The number of phenols is 1. The zero-order valence-corrected chi connectivity index (χ0v) is 11.6. The largest absolute Gasteiger partial charge is 0.506 e. The van der Waals surface area contributed by atoms with E-state index < -0.39 is 0 Å². The van der Waals surface area contributed by atoms with Crippen molar-refractivity contribution in [1.82, 2.24) is 5.32 Å². The smallest absolute Gasteiger partial charge is 0.224 e. The minimum Gasteiger partial charge on any atom is -0.506 e. The number of hydrogen-bond donors (Lipinski definition) is 3. The summed E-state index contributed by atoms with van der Waals surface area (Å²) in [5.41, 5.74) is 1.40. The van der Waals surface area contributed by atoms with Crippen LogP contribution in [-0.2, 0) is 9.59 Å². The minimum absolute atomic E-state index is 0.0611. The number of aryl methyl sites for hydroxylation is 1. The number of anilines is 1. The summed E-state index contributed by atoms with van der Waals surface area (Å²) in [7, 11) is 0. The van der Waals surface area contributed by atoms with E-state index >= 15 is 0 Å². The Hall–Kier alpha value is -2.04. The summed E-state index contributed by atoms with van der Waals surface area (Å²) >= 11 is 0. The van der Waals surface area contributed by atoms with E-state index in [0.29, 0.717) is 25.1 Å². The van der Waals surface area contributed by atoms with Gasteiger partial charge in [0.25, 0.3) is 0 Å². The van der Waals surface area contributed by atoms with Gasteiger partial charge in [-0.3, -0.25) is 9.59 Å². The van der Waals surface area contributed by atoms with Crippen LogP contribution in [0, 0.1) is 12.8 Å². The van der Waals surface area contributed by atoms with Crippen LogP contribution in [0.2, 0.25) is 0 Å². The Morgan fingerprint density at radius 3 is 2.80 bits per heavy atom. The molecule has 3 N–H and O–H groups in total. The number of benzene rings is 1. The van der Waals surface area contributed by atoms with E-state index in [0.717, 1.165) is 18.4 Å². The van der Waals surface area contributed by atoms with Gasteiger partial charge in [0.15, 0.2) is 0 Å². The van der Waals surface area contributed by atoms with E-state index in [1.165, 1.54) is 0 Å². The van der Waals surface area contributed by atoms with Crippen LogP contribution in [0.1, 0.15) is 31.2 Å². The van der Waals surface area contributed by atoms with Crippen molar-refractivity contribution in [2.45, 2.75) is 32.6 Å². The Kier molecular flexibility index (Phi) is 4.61. The van der Waals surface area contributed by atoms with Gasteiger partial charge in [-0.05, 0) is 43.9 Å². The molecule has 0 aromatic heterocycles. The third-order valence-electron chi connectivity index (χ3n) is 3.25. The molecule has 2 rings (SSSR count). The standard InChI is InChI=1S/C15H20N2O3/c1-10-4-7-13(18)12(9-10)17-14(19)3-2-8-16-15(20)11-5-6-11/h4,7,9,11,18H,2-3,5-6,8H2,1H3,(H,16,20)(H,17,19). The summed E-state index contributed by atoms with van der Waals surface area (Å²) in [5, 5.41) is 15.1. The molecule has 5 heteroatoms. The molecule has 0 aliphatic heterocycles. The second-order valence-corrected chi connectivity index (χ2v) is 5.24. The molecule has 1 aliphatic carbocycles. The lowest BCUT2D eigenvalue weighted by molar-refractivity contribution is -0.122. The third kappa shape index (κ3) is 4.26. The normalized spacial score (nSPS) is 13.8. The van der Waals surface area contributed by atoms with Crippen molar-refractivity contribution in [3.8, 4) is 5.75 Å². The fraction of sp³-hybridized carbons (Fsp3) is 0.467. The zero-order chi connectivity index (χ0) is 14.5. The molecule has 1 fully saturated rings. The fourth-order valence-corrected chi connectivity index (χ4v) is 1.91. The number of hydrogen-bond acceptors (Lipinski definition) is 3. The first kappa shape index (κ1) is 14.4. The Bertz CT molecular complexity index is 510. The van der Waals surface area contributed by atoms with Crippen molar-refractivity contribution in [2.75, 3.05) is 11.9 Å². The molecule has 0 heterocycles. The summed E-state index contributed by atoms with van der Waals surface area (Å²) < 4.78 is 0. The van der Waals surface area contributed by atoms with Crippen molar-refractivity contribution in [3.63, 3.8) is 0 Å². The summed E-state index contributed by atoms with van der Waals surface area (Å²) in [6, 6.07) is 5.06. The topological polar surface area (TPSA) is 78.4 Å². The first-order valence-electron chi connectivity index (χ1n) is 6.93. The molecular weight excluding hydrogens is 256 g/mol. The number of nitrogens with one attached hydrogen (secondary N) is 2. The van der Waals surface area contributed by atoms with Crippen molar-refractivity contribution in [1.29, 1.82) is 0 Å². The van der Waals surface area contributed by atoms with E-state index in [1.807, 2.05) is 6.92 Å². The first-order valence-corrected chi connectivity index (χ1v) is 6.93. The van der Waals surface area contributed by atoms with Crippen molar-refractivity contribution in [3.05, 3.63) is 23.8 Å². The van der Waals surface area contributed by atoms with Crippen LogP contribution >= 0.6 is 0 Å². The quantitative estimate of drug-likeness (QED) is 0.549. The molecule has 108 valence electrons. The van der Waals surface area contributed by atoms with E-state index in [2.05, 4.69) is 10.6 Å². The van der Waals surface area contributed by atoms with Gasteiger partial charge in [-0.2, -0.15) is 0 Å². The molecular formula is C15H20N2O3. The molecule has 0 unspecified atom stereocenters. The highest BCUT2D eigenvalue weighted by Gasteiger charge is 2.28. The number of rotatable bonds is 6. The molecule has 0 radical (unpaired) electrons. The lowest BCUT2D eigenvalue weighted by atomic mass is 10.2. The molecule has 1 aromatic rings. The number of aromatic hydroxyl groups is 1. The van der Waals surface area contributed by atoms with Gasteiger partial charge in [0, 0.05) is 18.9 Å². The van der Waals surface area contributed by atoms with E-state index in [-0.39, 0.29) is 23.5 Å². The molecule has 0 bridgehead atoms. The molecule has 2 amide bonds. The molecule has 1 saturated carbocycles. The number of phenolic OH excluding ortho intramolecular Hbond substituents is 1. The van der Waals surface area contributed by atoms with E-state index in [9.17, 15) is 14.7 Å². The Labute approximate surface area is 118 Å². The maximum absolute atomic E-state index is 11.7. The van der Waals surface area contributed by atoms with Gasteiger partial charge < -0.3 is 15.7 Å². The Morgan fingerprint density at radius 1 is 1.35 bits per heavy atom. The highest BCUT2D eigenvalue weighted by molar-refractivity contribution is 5.92. The van der Waals surface area contributed by atoms with Crippen LogP contribution < -0.4 is 10.6 Å². The van der Waals surface area contributed by atoms with Crippen molar-refractivity contribution in [2.24, 2.45) is 5.92 Å². The molecule has 1 aromatic carbocycles. The van der Waals surface area contributed by atoms with Crippen molar-refractivity contribution >= 4 is 17.5 Å². The molecule has 5 nitrogen and oxygen atoms in total. The van der Waals surface area contributed by atoms with Gasteiger partial charge in [0.1, 0.15) is 5.75 Å². The molecule has 0 atom stereocenters. The number of carbonyl (C=O) groups is 2. The van der Waals surface area contributed by atoms with Crippen LogP contribution in [0.5, 0.6) is 5.75 Å². The van der Waals surface area contributed by atoms with Gasteiger partial charge in [0.2, 0.25) is 11.8 Å². The SMILES string of the molecule is Cc1ccc(O)c(NC(=O)CCCNC(=O)C2CC2)c1. The zero-order valence-electron chi connectivity index (χ0n) is 11.6. The van der Waals surface area contributed by atoms with Gasteiger partial charge in [0.05, 0.1) is 5.69 Å².